The number of nitrogens with one attached hydrogen (secondary N) is 1. The predicted molar refractivity (Wildman–Crippen MR) is 131 cm³/mol. The van der Waals surface area contributed by atoms with Gasteiger partial charge in [-0.25, -0.2) is 8.78 Å². The second-order valence-electron chi connectivity index (χ2n) is 9.60. The van der Waals surface area contributed by atoms with E-state index in [0.29, 0.717) is 19.2 Å². The SMILES string of the molecule is C[C@H]1CN(Cc2ccccc2)C2Cn3cc(C(=O)NCc4ccc(F)cc4F)c(=O)c(O)c3C(=O)N2C1. The zero-order chi connectivity index (χ0) is 26.3. The summed E-state index contributed by atoms with van der Waals surface area (Å²) in [5.41, 5.74) is -0.386. The summed E-state index contributed by atoms with van der Waals surface area (Å²) in [4.78, 5) is 43.0. The third kappa shape index (κ3) is 4.72. The van der Waals surface area contributed by atoms with Crippen LogP contribution in [-0.4, -0.2) is 50.5 Å². The van der Waals surface area contributed by atoms with Gasteiger partial charge in [0.1, 0.15) is 23.4 Å². The number of nitrogens with zero attached hydrogens (tertiary/aromatic N) is 3. The lowest BCUT2D eigenvalue weighted by molar-refractivity contribution is -0.0314. The van der Waals surface area contributed by atoms with Crippen molar-refractivity contribution in [3.63, 3.8) is 0 Å². The molecule has 2 aliphatic heterocycles. The first-order valence-electron chi connectivity index (χ1n) is 12.0. The van der Waals surface area contributed by atoms with E-state index >= 15 is 0 Å². The molecule has 8 nitrogen and oxygen atoms in total. The van der Waals surface area contributed by atoms with Crippen molar-refractivity contribution >= 4 is 11.8 Å². The van der Waals surface area contributed by atoms with Crippen LogP contribution >= 0.6 is 0 Å². The smallest absolute Gasteiger partial charge is 0.275 e. The molecular formula is C27H26F2N4O4. The molecule has 3 heterocycles. The average molecular weight is 509 g/mol. The van der Waals surface area contributed by atoms with Crippen LogP contribution in [0, 0.1) is 17.6 Å². The Morgan fingerprint density at radius 3 is 2.57 bits per heavy atom. The molecule has 10 heteroatoms. The average Bonchev–Trinajstić information content (AvgIpc) is 2.86. The quantitative estimate of drug-likeness (QED) is 0.553. The monoisotopic (exact) mass is 508 g/mol. The van der Waals surface area contributed by atoms with E-state index in [1.165, 1.54) is 16.8 Å². The molecule has 3 aromatic rings. The molecule has 1 saturated heterocycles. The van der Waals surface area contributed by atoms with Gasteiger partial charge in [0.2, 0.25) is 5.43 Å². The van der Waals surface area contributed by atoms with E-state index in [0.717, 1.165) is 18.2 Å². The van der Waals surface area contributed by atoms with Gasteiger partial charge in [0.05, 0.1) is 6.54 Å². The van der Waals surface area contributed by atoms with Gasteiger partial charge in [-0.15, -0.1) is 0 Å². The number of pyridine rings is 1. The molecule has 0 aliphatic carbocycles. The Labute approximate surface area is 211 Å². The number of halogens is 2. The summed E-state index contributed by atoms with van der Waals surface area (Å²) in [5.74, 6) is -3.51. The lowest BCUT2D eigenvalue weighted by Crippen LogP contribution is -2.62. The Morgan fingerprint density at radius 1 is 1.08 bits per heavy atom. The molecule has 2 N–H and O–H groups in total. The Hall–Kier alpha value is -4.05. The fraction of sp³-hybridized carbons (Fsp3) is 0.296. The lowest BCUT2D eigenvalue weighted by atomic mass is 10.0. The highest BCUT2D eigenvalue weighted by Crippen LogP contribution is 2.30. The summed E-state index contributed by atoms with van der Waals surface area (Å²) < 4.78 is 28.6. The number of hydrogen-bond donors (Lipinski definition) is 2. The molecule has 0 radical (unpaired) electrons. The molecule has 0 spiro atoms. The molecular weight excluding hydrogens is 482 g/mol. The molecule has 192 valence electrons. The minimum Gasteiger partial charge on any atom is -0.503 e. The number of rotatable bonds is 5. The number of aromatic hydroxyl groups is 1. The van der Waals surface area contributed by atoms with Crippen LogP contribution in [0.15, 0.2) is 59.5 Å². The molecule has 0 bridgehead atoms. The molecule has 2 amide bonds. The van der Waals surface area contributed by atoms with Gasteiger partial charge in [-0.3, -0.25) is 19.3 Å². The molecule has 2 atom stereocenters. The zero-order valence-electron chi connectivity index (χ0n) is 20.2. The minimum atomic E-state index is -0.985. The van der Waals surface area contributed by atoms with Gasteiger partial charge in [0, 0.05) is 44.0 Å². The topological polar surface area (TPSA) is 94.9 Å². The van der Waals surface area contributed by atoms with Gasteiger partial charge in [0.15, 0.2) is 11.4 Å². The van der Waals surface area contributed by atoms with Crippen molar-refractivity contribution in [3.05, 3.63) is 99.0 Å². The first kappa shape index (κ1) is 24.6. The summed E-state index contributed by atoms with van der Waals surface area (Å²) in [6, 6.07) is 12.8. The van der Waals surface area contributed by atoms with Crippen LogP contribution in [0.2, 0.25) is 0 Å². The van der Waals surface area contributed by atoms with Gasteiger partial charge < -0.3 is 19.9 Å². The third-order valence-corrected chi connectivity index (χ3v) is 6.84. The van der Waals surface area contributed by atoms with Crippen molar-refractivity contribution in [1.29, 1.82) is 0 Å². The standard InChI is InChI=1S/C27H26F2N4O4/c1-16-11-31(13-17-5-3-2-4-6-17)22-15-32-14-20(24(34)25(35)23(32)27(37)33(22)12-16)26(36)30-10-18-7-8-19(28)9-21(18)29/h2-9,14,16,22,35H,10-13,15H2,1H3,(H,30,36)/t16-,22?/m0/s1. The molecule has 1 aromatic heterocycles. The second-order valence-corrected chi connectivity index (χ2v) is 9.60. The highest BCUT2D eigenvalue weighted by molar-refractivity contribution is 5.99. The van der Waals surface area contributed by atoms with Gasteiger partial charge in [-0.1, -0.05) is 43.3 Å². The maximum atomic E-state index is 13.9. The first-order chi connectivity index (χ1) is 17.7. The van der Waals surface area contributed by atoms with E-state index in [9.17, 15) is 28.3 Å². The number of carbonyl (C=O) groups excluding carboxylic acids is 2. The van der Waals surface area contributed by atoms with E-state index in [1.54, 1.807) is 4.90 Å². The number of amides is 2. The largest absolute Gasteiger partial charge is 0.503 e. The highest BCUT2D eigenvalue weighted by atomic mass is 19.1. The van der Waals surface area contributed by atoms with Crippen LogP contribution in [0.4, 0.5) is 8.78 Å². The molecule has 0 saturated carbocycles. The van der Waals surface area contributed by atoms with Crippen LogP contribution in [0.1, 0.15) is 38.9 Å². The van der Waals surface area contributed by atoms with Crippen molar-refractivity contribution in [2.24, 2.45) is 5.92 Å². The van der Waals surface area contributed by atoms with Gasteiger partial charge in [-0.05, 0) is 17.5 Å². The van der Waals surface area contributed by atoms with E-state index in [-0.39, 0.29) is 42.0 Å². The van der Waals surface area contributed by atoms with E-state index in [2.05, 4.69) is 10.2 Å². The summed E-state index contributed by atoms with van der Waals surface area (Å²) in [6.45, 7) is 3.85. The third-order valence-electron chi connectivity index (χ3n) is 6.84. The van der Waals surface area contributed by atoms with Gasteiger partial charge in [-0.2, -0.15) is 0 Å². The summed E-state index contributed by atoms with van der Waals surface area (Å²) in [6.07, 6.45) is 0.935. The Balaban J connectivity index is 1.43. The number of fused-ring (bicyclic) bond motifs is 2. The maximum Gasteiger partial charge on any atom is 0.275 e. The van der Waals surface area contributed by atoms with Crippen molar-refractivity contribution in [1.82, 2.24) is 19.7 Å². The van der Waals surface area contributed by atoms with Crippen molar-refractivity contribution < 1.29 is 23.5 Å². The van der Waals surface area contributed by atoms with Crippen LogP contribution in [-0.2, 0) is 19.6 Å². The number of benzene rings is 2. The Morgan fingerprint density at radius 2 is 1.84 bits per heavy atom. The fourth-order valence-electron chi connectivity index (χ4n) is 5.08. The predicted octanol–water partition coefficient (Wildman–Crippen LogP) is 2.70. The highest BCUT2D eigenvalue weighted by Gasteiger charge is 2.42. The lowest BCUT2D eigenvalue weighted by Gasteiger charge is -2.49. The Bertz CT molecular complexity index is 1430. The van der Waals surface area contributed by atoms with Crippen molar-refractivity contribution in [2.75, 3.05) is 13.1 Å². The van der Waals surface area contributed by atoms with Crippen LogP contribution < -0.4 is 10.7 Å². The number of carbonyl (C=O) groups is 2. The fourth-order valence-corrected chi connectivity index (χ4v) is 5.08. The van der Waals surface area contributed by atoms with Gasteiger partial charge in [0.25, 0.3) is 11.8 Å². The van der Waals surface area contributed by atoms with Crippen LogP contribution in [0.3, 0.4) is 0 Å². The molecule has 37 heavy (non-hydrogen) atoms. The van der Waals surface area contributed by atoms with E-state index < -0.39 is 34.6 Å². The summed E-state index contributed by atoms with van der Waals surface area (Å²) in [5, 5.41) is 13.1. The Kier molecular flexibility index (Phi) is 6.51. The van der Waals surface area contributed by atoms with Crippen molar-refractivity contribution in [2.45, 2.75) is 32.7 Å². The maximum absolute atomic E-state index is 13.9. The number of aromatic nitrogens is 1. The van der Waals surface area contributed by atoms with Gasteiger partial charge >= 0.3 is 0 Å². The van der Waals surface area contributed by atoms with Crippen LogP contribution in [0.25, 0.3) is 0 Å². The summed E-state index contributed by atoms with van der Waals surface area (Å²) >= 11 is 0. The molecule has 5 rings (SSSR count). The molecule has 1 fully saturated rings. The number of hydrogen-bond acceptors (Lipinski definition) is 5. The molecule has 1 unspecified atom stereocenters. The van der Waals surface area contributed by atoms with E-state index in [1.807, 2.05) is 37.3 Å². The molecule has 2 aliphatic rings. The summed E-state index contributed by atoms with van der Waals surface area (Å²) in [7, 11) is 0. The normalized spacial score (nSPS) is 19.3. The van der Waals surface area contributed by atoms with Crippen molar-refractivity contribution in [3.8, 4) is 5.75 Å². The molecule has 2 aromatic carbocycles. The van der Waals surface area contributed by atoms with E-state index in [4.69, 9.17) is 0 Å². The first-order valence-corrected chi connectivity index (χ1v) is 12.0. The van der Waals surface area contributed by atoms with Crippen LogP contribution in [0.5, 0.6) is 5.75 Å². The minimum absolute atomic E-state index is 0.0377. The second kappa shape index (κ2) is 9.78. The zero-order valence-corrected chi connectivity index (χ0v) is 20.2.